The Morgan fingerprint density at radius 3 is 0.194 bits per heavy atom. The molecule has 18 N–H and O–H groups in total. The average Bonchev–Trinajstić information content (AvgIpc) is 1.94. The van der Waals surface area contributed by atoms with E-state index in [0.29, 0.717) is 0 Å². The zero-order valence-electron chi connectivity index (χ0n) is 10.7. The predicted molar refractivity (Wildman–Crippen MR) is 174 cm³/mol. The van der Waals surface area contributed by atoms with Gasteiger partial charge in [0.2, 0.25) is 0 Å². The van der Waals surface area contributed by atoms with Crippen LogP contribution in [-0.2, 0) is 0 Å². The van der Waals surface area contributed by atoms with Gasteiger partial charge >= 0.3 is 450 Å². The van der Waals surface area contributed by atoms with Crippen molar-refractivity contribution in [2.45, 2.75) is 0 Å². The molecule has 164 valence electrons. The van der Waals surface area contributed by atoms with E-state index in [1.54, 1.807) is 0 Å². The summed E-state index contributed by atoms with van der Waals surface area (Å²) in [5.41, 5.74) is 0. The van der Waals surface area contributed by atoms with Crippen molar-refractivity contribution in [1.29, 1.82) is 0 Å². The Labute approximate surface area is 529 Å². The molecule has 0 aromatic carbocycles. The Morgan fingerprint density at radius 1 is 0.194 bits per heavy atom. The second-order valence-electron chi connectivity index (χ2n) is 1.73. The summed E-state index contributed by atoms with van der Waals surface area (Å²) in [5.74, 6) is 0. The monoisotopic (exact) mass is 699 g/mol. The first kappa shape index (κ1) is 143. The van der Waals surface area contributed by atoms with Crippen LogP contribution in [0.3, 0.4) is 0 Å². The molecule has 0 saturated carbocycles. The molecule has 0 aliphatic heterocycles. The van der Waals surface area contributed by atoms with Gasteiger partial charge in [-0.3, -0.25) is 0 Å². The van der Waals surface area contributed by atoms with Gasteiger partial charge in [-0.15, -0.1) is 12.4 Å². The predicted octanol–water partition coefficient (Wildman–Crippen LogP) is -18.8. The summed E-state index contributed by atoms with van der Waals surface area (Å²) in [7, 11) is -10.8. The molecular weight excluding hydrogens is 665 g/mol. The van der Waals surface area contributed by atoms with Crippen LogP contribution in [0.15, 0.2) is 0 Å². The third-order valence-electron chi connectivity index (χ3n) is 0. The summed E-state index contributed by atoms with van der Waals surface area (Å²) in [6.45, 7) is 0. The Balaban J connectivity index is -0.00000000370. The molecule has 0 bridgehead atoms. The molecule has 0 amide bonds. The maximum absolute atomic E-state index is 7.17. The molecule has 36 heavy (non-hydrogen) atoms. The molecule has 0 spiro atoms. The molecule has 36 heteroatoms. The second kappa shape index (κ2) is 134. The molecular formula is H33B5ClNNa14O15. The van der Waals surface area contributed by atoms with Gasteiger partial charge in [0, 0.05) is 0 Å². The van der Waals surface area contributed by atoms with E-state index in [0.717, 1.165) is 0 Å². The van der Waals surface area contributed by atoms with E-state index in [1.807, 2.05) is 0 Å². The van der Waals surface area contributed by atoms with Crippen molar-refractivity contribution in [2.24, 2.45) is 0 Å². The van der Waals surface area contributed by atoms with Gasteiger partial charge in [-0.2, -0.15) is 0 Å². The summed E-state index contributed by atoms with van der Waals surface area (Å²) in [6, 6.07) is 0. The molecule has 0 aliphatic rings. The fourth-order valence-corrected chi connectivity index (χ4v) is 0. The number of rotatable bonds is 0. The normalized spacial score (nSPS) is 3.75. The van der Waals surface area contributed by atoms with Crippen LogP contribution in [-0.4, -0.2) is 526 Å². The van der Waals surface area contributed by atoms with Crippen LogP contribution in [0.5, 0.6) is 0 Å². The third kappa shape index (κ3) is 542. The second-order valence-corrected chi connectivity index (χ2v) is 1.73. The molecule has 0 aliphatic carbocycles. The zero-order chi connectivity index (χ0) is 17.9. The van der Waals surface area contributed by atoms with E-state index in [-0.39, 0.29) is 432 Å². The van der Waals surface area contributed by atoms with Gasteiger partial charge in [-0.1, -0.05) is 0 Å². The first-order valence-corrected chi connectivity index (χ1v) is 3.87. The van der Waals surface area contributed by atoms with Crippen LogP contribution in [0, 0.1) is 0 Å². The van der Waals surface area contributed by atoms with Crippen molar-refractivity contribution in [1.82, 2.24) is 6.15 Å². The maximum atomic E-state index is 7.17. The van der Waals surface area contributed by atoms with Crippen molar-refractivity contribution in [3.8, 4) is 0 Å². The molecule has 0 unspecified atom stereocenters. The van der Waals surface area contributed by atoms with E-state index in [4.69, 9.17) is 75.4 Å². The standard InChI is InChI=1S/5BH3O3.ClH.H3N.14Na.14H/c5*2-1(3)4;;;;;;;;;;;;;;;;;;;;;;;;;;;;;;/h5*2-4H;1H;1H3;;;;;;;;;;;;;;;;;;;;;;;;;;;;. The van der Waals surface area contributed by atoms with Gasteiger partial charge < -0.3 is 81.5 Å². The molecule has 0 aromatic rings. The third-order valence-corrected chi connectivity index (χ3v) is 0. The first-order chi connectivity index (χ1) is 8.66. The minimum atomic E-state index is -2.17. The summed E-state index contributed by atoms with van der Waals surface area (Å²) >= 11 is 0. The summed E-state index contributed by atoms with van der Waals surface area (Å²) in [4.78, 5) is 0. The van der Waals surface area contributed by atoms with Crippen molar-refractivity contribution in [3.63, 3.8) is 0 Å². The van der Waals surface area contributed by atoms with Gasteiger partial charge in [-0.25, -0.2) is 0 Å². The van der Waals surface area contributed by atoms with E-state index >= 15 is 0 Å². The Hall–Kier alpha value is 14.0. The molecule has 16 nitrogen and oxygen atoms in total. The van der Waals surface area contributed by atoms with E-state index < -0.39 is 36.6 Å². The molecule has 0 rings (SSSR count). The fraction of sp³-hybridized carbons (Fsp3) is 0. The number of hydrogen-bond acceptors (Lipinski definition) is 16. The molecule has 0 radical (unpaired) electrons. The molecule has 0 fully saturated rings. The van der Waals surface area contributed by atoms with E-state index in [2.05, 4.69) is 0 Å². The Kier molecular flexibility index (Phi) is 532. The topological polar surface area (TPSA) is 338 Å². The van der Waals surface area contributed by atoms with Crippen LogP contribution in [0.25, 0.3) is 0 Å². The van der Waals surface area contributed by atoms with Crippen molar-refractivity contribution >= 4 is 463 Å². The van der Waals surface area contributed by atoms with Gasteiger partial charge in [-0.05, 0) is 0 Å². The zero-order valence-corrected chi connectivity index (χ0v) is 11.5. The molecule has 0 aromatic heterocycles. The number of halogens is 1. The van der Waals surface area contributed by atoms with Crippen LogP contribution in [0.4, 0.5) is 0 Å². The fourth-order valence-electron chi connectivity index (χ4n) is 0. The van der Waals surface area contributed by atoms with Gasteiger partial charge in [0.25, 0.3) is 0 Å². The Bertz CT molecular complexity index is 121. The summed E-state index contributed by atoms with van der Waals surface area (Å²) in [5, 5.41) is 108. The van der Waals surface area contributed by atoms with Crippen LogP contribution < -0.4 is 6.15 Å². The van der Waals surface area contributed by atoms with Crippen molar-refractivity contribution in [3.05, 3.63) is 0 Å². The van der Waals surface area contributed by atoms with Crippen molar-refractivity contribution < 1.29 is 75.4 Å². The summed E-state index contributed by atoms with van der Waals surface area (Å²) in [6.07, 6.45) is 0. The Morgan fingerprint density at radius 2 is 0.194 bits per heavy atom. The van der Waals surface area contributed by atoms with Crippen molar-refractivity contribution in [2.75, 3.05) is 0 Å². The van der Waals surface area contributed by atoms with Crippen LogP contribution in [0.2, 0.25) is 0 Å². The van der Waals surface area contributed by atoms with Crippen LogP contribution >= 0.6 is 12.4 Å². The van der Waals surface area contributed by atoms with Gasteiger partial charge in [0.05, 0.1) is 0 Å². The molecule has 0 saturated heterocycles. The van der Waals surface area contributed by atoms with Gasteiger partial charge in [0.15, 0.2) is 0 Å². The first-order valence-electron chi connectivity index (χ1n) is 3.87. The van der Waals surface area contributed by atoms with E-state index in [1.165, 1.54) is 0 Å². The average molecular weight is 699 g/mol. The number of hydrogen-bond donors (Lipinski definition) is 16. The van der Waals surface area contributed by atoms with Crippen LogP contribution in [0.1, 0.15) is 0 Å². The van der Waals surface area contributed by atoms with E-state index in [9.17, 15) is 0 Å². The SMILES string of the molecule is Cl.N.OB(O)O.OB(O)O.OB(O)O.OB(O)O.OB(O)O.[NaH].[NaH].[NaH].[NaH].[NaH].[NaH].[NaH].[NaH].[NaH].[NaH].[NaH].[NaH].[NaH].[NaH]. The molecule has 0 heterocycles. The minimum absolute atomic E-state index is 0. The summed E-state index contributed by atoms with van der Waals surface area (Å²) < 4.78 is 0. The van der Waals surface area contributed by atoms with Gasteiger partial charge in [0.1, 0.15) is 0 Å². The molecule has 0 atom stereocenters. The quantitative estimate of drug-likeness (QED) is 0.104.